The fraction of sp³-hybridized carbons (Fsp3) is 0.550. The minimum Gasteiger partial charge on any atom is -0.466 e. The highest BCUT2D eigenvalue weighted by Crippen LogP contribution is 2.15. The first-order valence-electron chi connectivity index (χ1n) is 10.0. The molecule has 1 aromatic rings. The van der Waals surface area contributed by atoms with Crippen LogP contribution in [-0.4, -0.2) is 72.7 Å². The van der Waals surface area contributed by atoms with Crippen LogP contribution in [0.2, 0.25) is 0 Å². The van der Waals surface area contributed by atoms with Crippen LogP contribution in [0.3, 0.4) is 0 Å². The Balaban J connectivity index is 1.71. The summed E-state index contributed by atoms with van der Waals surface area (Å²) in [5.74, 6) is -2.06. The van der Waals surface area contributed by atoms with Gasteiger partial charge in [-0.25, -0.2) is 8.78 Å². The predicted octanol–water partition coefficient (Wildman–Crippen LogP) is 2.13. The summed E-state index contributed by atoms with van der Waals surface area (Å²) >= 11 is 5.43. The minimum atomic E-state index is -0.801. The van der Waals surface area contributed by atoms with Crippen LogP contribution in [0, 0.1) is 11.6 Å². The number of benzene rings is 1. The van der Waals surface area contributed by atoms with Gasteiger partial charge in [-0.05, 0) is 44.1 Å². The maximum absolute atomic E-state index is 13.7. The van der Waals surface area contributed by atoms with Gasteiger partial charge in [0.15, 0.2) is 5.11 Å². The zero-order valence-electron chi connectivity index (χ0n) is 17.1. The van der Waals surface area contributed by atoms with E-state index < -0.39 is 11.6 Å². The predicted molar refractivity (Wildman–Crippen MR) is 114 cm³/mol. The number of carbonyl (C=O) groups is 2. The molecule has 1 saturated heterocycles. The molecule has 10 heteroatoms. The first-order chi connectivity index (χ1) is 14.4. The second-order valence-electron chi connectivity index (χ2n) is 6.93. The molecule has 0 saturated carbocycles. The fourth-order valence-electron chi connectivity index (χ4n) is 3.09. The second kappa shape index (κ2) is 12.4. The number of ether oxygens (including phenoxy) is 1. The van der Waals surface area contributed by atoms with Gasteiger partial charge in [0, 0.05) is 45.2 Å². The molecule has 166 valence electrons. The molecule has 0 radical (unpaired) electrons. The van der Waals surface area contributed by atoms with E-state index in [1.807, 2.05) is 9.80 Å². The molecule has 0 aromatic heterocycles. The Hall–Kier alpha value is -2.33. The lowest BCUT2D eigenvalue weighted by Gasteiger charge is -2.24. The van der Waals surface area contributed by atoms with E-state index in [1.165, 1.54) is 6.07 Å². The molecule has 0 spiro atoms. The van der Waals surface area contributed by atoms with Gasteiger partial charge >= 0.3 is 5.97 Å². The van der Waals surface area contributed by atoms with E-state index in [0.29, 0.717) is 50.7 Å². The third kappa shape index (κ3) is 8.19. The van der Waals surface area contributed by atoms with Crippen LogP contribution < -0.4 is 10.6 Å². The number of thiocarbonyl (C=S) groups is 1. The molecule has 1 heterocycles. The van der Waals surface area contributed by atoms with Gasteiger partial charge in [-0.3, -0.25) is 14.5 Å². The molecule has 2 rings (SSSR count). The molecule has 0 aliphatic carbocycles. The SMILES string of the molecule is CCOC(=O)CCCNC(=S)N1CCCN(CC(=O)Nc2ccc(F)cc2F)CC1. The van der Waals surface area contributed by atoms with Crippen LogP contribution in [0.15, 0.2) is 18.2 Å². The van der Waals surface area contributed by atoms with Crippen molar-refractivity contribution in [1.29, 1.82) is 0 Å². The molecule has 1 aliphatic heterocycles. The highest BCUT2D eigenvalue weighted by atomic mass is 32.1. The zero-order valence-corrected chi connectivity index (χ0v) is 17.9. The number of rotatable bonds is 8. The van der Waals surface area contributed by atoms with Crippen LogP contribution >= 0.6 is 12.2 Å². The van der Waals surface area contributed by atoms with Crippen molar-refractivity contribution < 1.29 is 23.1 Å². The molecule has 1 amide bonds. The molecule has 30 heavy (non-hydrogen) atoms. The first kappa shape index (κ1) is 23.9. The minimum absolute atomic E-state index is 0.0361. The Kier molecular flexibility index (Phi) is 9.88. The second-order valence-corrected chi connectivity index (χ2v) is 7.32. The van der Waals surface area contributed by atoms with Gasteiger partial charge in [0.1, 0.15) is 11.6 Å². The maximum atomic E-state index is 13.7. The zero-order chi connectivity index (χ0) is 21.9. The number of nitrogens with one attached hydrogen (secondary N) is 2. The number of nitrogens with zero attached hydrogens (tertiary/aromatic N) is 2. The van der Waals surface area contributed by atoms with Gasteiger partial charge in [-0.1, -0.05) is 0 Å². The summed E-state index contributed by atoms with van der Waals surface area (Å²) in [6, 6.07) is 3.04. The van der Waals surface area contributed by atoms with Crippen molar-refractivity contribution in [2.45, 2.75) is 26.2 Å². The summed E-state index contributed by atoms with van der Waals surface area (Å²) < 4.78 is 31.5. The van der Waals surface area contributed by atoms with E-state index in [1.54, 1.807) is 6.92 Å². The maximum Gasteiger partial charge on any atom is 0.305 e. The highest BCUT2D eigenvalue weighted by molar-refractivity contribution is 7.80. The van der Waals surface area contributed by atoms with Crippen molar-refractivity contribution in [2.75, 3.05) is 51.2 Å². The summed E-state index contributed by atoms with van der Waals surface area (Å²) in [6.07, 6.45) is 1.81. The molecule has 0 bridgehead atoms. The topological polar surface area (TPSA) is 73.9 Å². The molecule has 0 unspecified atom stereocenters. The van der Waals surface area contributed by atoms with Crippen molar-refractivity contribution in [3.05, 3.63) is 29.8 Å². The summed E-state index contributed by atoms with van der Waals surface area (Å²) in [6.45, 7) is 5.61. The van der Waals surface area contributed by atoms with Gasteiger partial charge in [-0.2, -0.15) is 0 Å². The van der Waals surface area contributed by atoms with Crippen molar-refractivity contribution in [3.63, 3.8) is 0 Å². The van der Waals surface area contributed by atoms with Crippen LogP contribution in [0.25, 0.3) is 0 Å². The summed E-state index contributed by atoms with van der Waals surface area (Å²) in [7, 11) is 0. The number of hydrogen-bond donors (Lipinski definition) is 2. The van der Waals surface area contributed by atoms with E-state index >= 15 is 0 Å². The third-order valence-electron chi connectivity index (χ3n) is 4.59. The van der Waals surface area contributed by atoms with Gasteiger partial charge < -0.3 is 20.3 Å². The normalized spacial score (nSPS) is 14.7. The Morgan fingerprint density at radius 2 is 2.00 bits per heavy atom. The highest BCUT2D eigenvalue weighted by Gasteiger charge is 2.19. The first-order valence-corrected chi connectivity index (χ1v) is 10.5. The lowest BCUT2D eigenvalue weighted by atomic mass is 10.3. The molecule has 2 N–H and O–H groups in total. The molecule has 0 atom stereocenters. The lowest BCUT2D eigenvalue weighted by molar-refractivity contribution is -0.143. The monoisotopic (exact) mass is 442 g/mol. The molecule has 1 aromatic carbocycles. The van der Waals surface area contributed by atoms with Crippen molar-refractivity contribution in [3.8, 4) is 0 Å². The van der Waals surface area contributed by atoms with Crippen LogP contribution in [0.4, 0.5) is 14.5 Å². The van der Waals surface area contributed by atoms with E-state index in [4.69, 9.17) is 17.0 Å². The molecule has 1 fully saturated rings. The number of amides is 1. The molecular formula is C20H28F2N4O3S. The quantitative estimate of drug-likeness (QED) is 0.363. The average Bonchev–Trinajstić information content (AvgIpc) is 2.93. The van der Waals surface area contributed by atoms with Crippen LogP contribution in [-0.2, 0) is 14.3 Å². The van der Waals surface area contributed by atoms with Crippen molar-refractivity contribution >= 4 is 34.9 Å². The molecule has 7 nitrogen and oxygen atoms in total. The van der Waals surface area contributed by atoms with Crippen LogP contribution in [0.5, 0.6) is 0 Å². The molecular weight excluding hydrogens is 414 g/mol. The van der Waals surface area contributed by atoms with Gasteiger partial charge in [-0.15, -0.1) is 0 Å². The number of halogens is 2. The van der Waals surface area contributed by atoms with Gasteiger partial charge in [0.05, 0.1) is 18.8 Å². The largest absolute Gasteiger partial charge is 0.466 e. The Morgan fingerprint density at radius 3 is 2.73 bits per heavy atom. The molecule has 1 aliphatic rings. The Bertz CT molecular complexity index is 751. The smallest absolute Gasteiger partial charge is 0.305 e. The summed E-state index contributed by atoms with van der Waals surface area (Å²) in [5.41, 5.74) is -0.0361. The Morgan fingerprint density at radius 1 is 1.20 bits per heavy atom. The fourth-order valence-corrected chi connectivity index (χ4v) is 3.37. The third-order valence-corrected chi connectivity index (χ3v) is 4.99. The Labute approximate surface area is 180 Å². The van der Waals surface area contributed by atoms with Gasteiger partial charge in [0.25, 0.3) is 0 Å². The standard InChI is InChI=1S/C20H28F2N4O3S/c1-2-29-19(28)5-3-8-23-20(30)26-10-4-9-25(11-12-26)14-18(27)24-17-7-6-15(21)13-16(17)22/h6-7,13H,2-5,8-12,14H2,1H3,(H,23,30)(H,24,27). The van der Waals surface area contributed by atoms with Crippen LogP contribution in [0.1, 0.15) is 26.2 Å². The number of esters is 1. The number of carbonyl (C=O) groups excluding carboxylic acids is 2. The van der Waals surface area contributed by atoms with Crippen molar-refractivity contribution in [1.82, 2.24) is 15.1 Å². The lowest BCUT2D eigenvalue weighted by Crippen LogP contribution is -2.42. The van der Waals surface area contributed by atoms with E-state index in [9.17, 15) is 18.4 Å². The summed E-state index contributed by atoms with van der Waals surface area (Å²) in [4.78, 5) is 27.6. The van der Waals surface area contributed by atoms with E-state index in [0.717, 1.165) is 25.1 Å². The van der Waals surface area contributed by atoms with E-state index in [-0.39, 0.29) is 24.1 Å². The summed E-state index contributed by atoms with van der Waals surface area (Å²) in [5, 5.41) is 6.26. The van der Waals surface area contributed by atoms with E-state index in [2.05, 4.69) is 10.6 Å². The van der Waals surface area contributed by atoms with Gasteiger partial charge in [0.2, 0.25) is 5.91 Å². The van der Waals surface area contributed by atoms with Crippen molar-refractivity contribution in [2.24, 2.45) is 0 Å². The number of hydrogen-bond acceptors (Lipinski definition) is 5. The average molecular weight is 443 g/mol. The number of anilines is 1.